The van der Waals surface area contributed by atoms with Gasteiger partial charge in [0.25, 0.3) is 0 Å². The Morgan fingerprint density at radius 1 is 1.29 bits per heavy atom. The summed E-state index contributed by atoms with van der Waals surface area (Å²) >= 11 is 0. The Balaban J connectivity index is 1.61. The van der Waals surface area contributed by atoms with E-state index in [2.05, 4.69) is 19.2 Å². The van der Waals surface area contributed by atoms with Gasteiger partial charge in [0.15, 0.2) is 0 Å². The van der Waals surface area contributed by atoms with Crippen LogP contribution in [0, 0.1) is 17.8 Å². The van der Waals surface area contributed by atoms with Crippen molar-refractivity contribution in [1.29, 1.82) is 0 Å². The average molecular weight is 203 g/mol. The summed E-state index contributed by atoms with van der Waals surface area (Å²) in [5.74, 6) is -0.621. The first kappa shape index (κ1) is 10.3. The van der Waals surface area contributed by atoms with E-state index in [4.69, 9.17) is 0 Å². The Kier molecular flexibility index (Phi) is 2.54. The first-order chi connectivity index (χ1) is 6.48. The molecule has 0 saturated heterocycles. The van der Waals surface area contributed by atoms with E-state index >= 15 is 0 Å². The maximum atomic E-state index is 12.5. The quantitative estimate of drug-likeness (QED) is 0.743. The summed E-state index contributed by atoms with van der Waals surface area (Å²) in [5, 5.41) is 3.41. The lowest BCUT2D eigenvalue weighted by molar-refractivity contribution is -0.110. The van der Waals surface area contributed by atoms with E-state index in [9.17, 15) is 8.78 Å². The molecule has 3 unspecified atom stereocenters. The molecule has 3 heteroatoms. The number of nitrogens with one attached hydrogen (secondary N) is 1. The van der Waals surface area contributed by atoms with Gasteiger partial charge in [-0.1, -0.05) is 13.8 Å². The first-order valence-corrected chi connectivity index (χ1v) is 5.59. The molecule has 2 aliphatic carbocycles. The lowest BCUT2D eigenvalue weighted by Crippen LogP contribution is -2.51. The molecule has 0 heterocycles. The Hall–Kier alpha value is -0.180. The predicted octanol–water partition coefficient (Wildman–Crippen LogP) is 2.67. The number of halogens is 2. The molecule has 2 rings (SSSR count). The molecule has 0 aromatic rings. The number of rotatable bonds is 3. The fraction of sp³-hybridized carbons (Fsp3) is 1.00. The van der Waals surface area contributed by atoms with Gasteiger partial charge >= 0.3 is 0 Å². The maximum Gasteiger partial charge on any atom is 0.248 e. The highest BCUT2D eigenvalue weighted by molar-refractivity contribution is 4.92. The second-order valence-electron chi connectivity index (χ2n) is 5.22. The van der Waals surface area contributed by atoms with E-state index in [-0.39, 0.29) is 18.8 Å². The lowest BCUT2D eigenvalue weighted by atomic mass is 9.71. The van der Waals surface area contributed by atoms with Crippen LogP contribution in [-0.2, 0) is 0 Å². The van der Waals surface area contributed by atoms with Gasteiger partial charge in [-0.25, -0.2) is 8.78 Å². The monoisotopic (exact) mass is 203 g/mol. The zero-order chi connectivity index (χ0) is 10.3. The molecule has 0 amide bonds. The number of hydrogen-bond acceptors (Lipinski definition) is 1. The van der Waals surface area contributed by atoms with E-state index in [1.807, 2.05) is 0 Å². The van der Waals surface area contributed by atoms with Crippen LogP contribution in [0.2, 0.25) is 0 Å². The van der Waals surface area contributed by atoms with Crippen molar-refractivity contribution in [1.82, 2.24) is 5.32 Å². The summed E-state index contributed by atoms with van der Waals surface area (Å²) in [5.41, 5.74) is 0. The topological polar surface area (TPSA) is 12.0 Å². The van der Waals surface area contributed by atoms with Gasteiger partial charge in [0, 0.05) is 18.9 Å². The first-order valence-electron chi connectivity index (χ1n) is 5.59. The van der Waals surface area contributed by atoms with Crippen LogP contribution in [0.3, 0.4) is 0 Å². The minimum absolute atomic E-state index is 0.0939. The van der Waals surface area contributed by atoms with Crippen molar-refractivity contribution in [2.75, 3.05) is 6.54 Å². The molecule has 14 heavy (non-hydrogen) atoms. The van der Waals surface area contributed by atoms with Gasteiger partial charge in [0.1, 0.15) is 0 Å². The summed E-state index contributed by atoms with van der Waals surface area (Å²) < 4.78 is 25.0. The van der Waals surface area contributed by atoms with Crippen molar-refractivity contribution >= 4 is 0 Å². The molecule has 82 valence electrons. The summed E-state index contributed by atoms with van der Waals surface area (Å²) in [6.45, 7) is 5.28. The summed E-state index contributed by atoms with van der Waals surface area (Å²) in [6, 6.07) is 0.583. The fourth-order valence-corrected chi connectivity index (χ4v) is 2.55. The molecule has 0 aromatic heterocycles. The molecule has 0 aliphatic heterocycles. The minimum atomic E-state index is -2.36. The third-order valence-corrected chi connectivity index (χ3v) is 4.00. The van der Waals surface area contributed by atoms with Gasteiger partial charge in [-0.15, -0.1) is 0 Å². The molecular formula is C11H19F2N. The van der Waals surface area contributed by atoms with Crippen LogP contribution in [0.5, 0.6) is 0 Å². The normalized spacial score (nSPS) is 41.6. The van der Waals surface area contributed by atoms with E-state index in [1.165, 1.54) is 6.42 Å². The van der Waals surface area contributed by atoms with Crippen LogP contribution >= 0.6 is 0 Å². The van der Waals surface area contributed by atoms with Crippen molar-refractivity contribution in [3.8, 4) is 0 Å². The van der Waals surface area contributed by atoms with Crippen molar-refractivity contribution in [2.24, 2.45) is 17.8 Å². The van der Waals surface area contributed by atoms with Crippen LogP contribution in [0.25, 0.3) is 0 Å². The van der Waals surface area contributed by atoms with Gasteiger partial charge in [-0.2, -0.15) is 0 Å². The molecule has 0 radical (unpaired) electrons. The molecule has 3 atom stereocenters. The predicted molar refractivity (Wildman–Crippen MR) is 52.4 cm³/mol. The average Bonchev–Trinajstić information content (AvgIpc) is 2.07. The molecule has 2 aliphatic rings. The summed E-state index contributed by atoms with van der Waals surface area (Å²) in [4.78, 5) is 0. The van der Waals surface area contributed by atoms with Gasteiger partial charge in [-0.05, 0) is 30.7 Å². The largest absolute Gasteiger partial charge is 0.313 e. The molecule has 2 saturated carbocycles. The molecule has 0 aromatic carbocycles. The van der Waals surface area contributed by atoms with E-state index in [1.54, 1.807) is 0 Å². The zero-order valence-corrected chi connectivity index (χ0v) is 8.89. The second kappa shape index (κ2) is 3.44. The van der Waals surface area contributed by atoms with Crippen molar-refractivity contribution in [3.63, 3.8) is 0 Å². The molecule has 0 spiro atoms. The highest BCUT2D eigenvalue weighted by Crippen LogP contribution is 2.42. The smallest absolute Gasteiger partial charge is 0.248 e. The summed E-state index contributed by atoms with van der Waals surface area (Å²) in [7, 11) is 0. The van der Waals surface area contributed by atoms with E-state index in [0.29, 0.717) is 6.04 Å². The van der Waals surface area contributed by atoms with Gasteiger partial charge in [0.2, 0.25) is 5.92 Å². The Morgan fingerprint density at radius 2 is 1.93 bits per heavy atom. The second-order valence-corrected chi connectivity index (χ2v) is 5.22. The van der Waals surface area contributed by atoms with Crippen LogP contribution in [0.4, 0.5) is 8.78 Å². The molecule has 1 nitrogen and oxygen atoms in total. The van der Waals surface area contributed by atoms with Gasteiger partial charge in [-0.3, -0.25) is 0 Å². The number of hydrogen-bond donors (Lipinski definition) is 1. The zero-order valence-electron chi connectivity index (χ0n) is 8.89. The molecule has 1 N–H and O–H groups in total. The van der Waals surface area contributed by atoms with Gasteiger partial charge in [0.05, 0.1) is 0 Å². The fourth-order valence-electron chi connectivity index (χ4n) is 2.55. The highest BCUT2D eigenvalue weighted by Gasteiger charge is 2.45. The van der Waals surface area contributed by atoms with E-state index < -0.39 is 5.92 Å². The summed E-state index contributed by atoms with van der Waals surface area (Å²) in [6.07, 6.45) is 1.40. The third-order valence-electron chi connectivity index (χ3n) is 4.00. The molecule has 2 fully saturated rings. The molecular weight excluding hydrogens is 184 g/mol. The van der Waals surface area contributed by atoms with Crippen LogP contribution in [0.1, 0.15) is 33.1 Å². The van der Waals surface area contributed by atoms with Crippen LogP contribution < -0.4 is 5.32 Å². The van der Waals surface area contributed by atoms with Crippen LogP contribution in [-0.4, -0.2) is 18.5 Å². The minimum Gasteiger partial charge on any atom is -0.313 e. The maximum absolute atomic E-state index is 12.5. The SMILES string of the molecule is CC1CC(NCC2CC(F)(F)C2)C1C. The van der Waals surface area contributed by atoms with Crippen molar-refractivity contribution < 1.29 is 8.78 Å². The lowest BCUT2D eigenvalue weighted by Gasteiger charge is -2.43. The van der Waals surface area contributed by atoms with Crippen LogP contribution in [0.15, 0.2) is 0 Å². The standard InChI is InChI=1S/C11H19F2N/c1-7-3-10(8(7)2)14-6-9-4-11(12,13)5-9/h7-10,14H,3-6H2,1-2H3. The third kappa shape index (κ3) is 1.92. The van der Waals surface area contributed by atoms with E-state index in [0.717, 1.165) is 18.4 Å². The Morgan fingerprint density at radius 3 is 2.36 bits per heavy atom. The molecule has 0 bridgehead atoms. The van der Waals surface area contributed by atoms with Gasteiger partial charge < -0.3 is 5.32 Å². The van der Waals surface area contributed by atoms with Crippen molar-refractivity contribution in [2.45, 2.75) is 45.1 Å². The number of alkyl halides is 2. The van der Waals surface area contributed by atoms with Crippen molar-refractivity contribution in [3.05, 3.63) is 0 Å². The Labute approximate surface area is 84.3 Å². The highest BCUT2D eigenvalue weighted by atomic mass is 19.3. The Bertz CT molecular complexity index is 209.